The average Bonchev–Trinajstić information content (AvgIpc) is 3.42. The normalized spacial score (nSPS) is 15.7. The summed E-state index contributed by atoms with van der Waals surface area (Å²) in [5.41, 5.74) is 10.1. The molecule has 1 aromatic carbocycles. The van der Waals surface area contributed by atoms with Crippen LogP contribution in [-0.2, 0) is 6.54 Å². The first-order chi connectivity index (χ1) is 17.7. The van der Waals surface area contributed by atoms with Crippen molar-refractivity contribution in [1.82, 2.24) is 30.5 Å². The molecule has 0 aliphatic heterocycles. The number of aromatic nitrogens is 5. The van der Waals surface area contributed by atoms with Crippen molar-refractivity contribution in [2.75, 3.05) is 0 Å². The van der Waals surface area contributed by atoms with E-state index in [4.69, 9.17) is 9.97 Å². The molecule has 0 bridgehead atoms. The first-order valence-electron chi connectivity index (χ1n) is 12.4. The number of fused-ring (bicyclic) bond motifs is 1. The molecule has 0 radical (unpaired) electrons. The third-order valence-corrected chi connectivity index (χ3v) is 6.82. The summed E-state index contributed by atoms with van der Waals surface area (Å²) in [6, 6.07) is 23.3. The van der Waals surface area contributed by atoms with Crippen LogP contribution in [0, 0.1) is 6.92 Å². The smallest absolute Gasteiger partial charge is 0.0928 e. The van der Waals surface area contributed by atoms with Gasteiger partial charge in [-0.25, -0.2) is 4.98 Å². The van der Waals surface area contributed by atoms with Crippen molar-refractivity contribution in [3.05, 3.63) is 102 Å². The molecule has 4 heterocycles. The van der Waals surface area contributed by atoms with E-state index in [0.717, 1.165) is 70.7 Å². The maximum atomic E-state index is 4.97. The molecule has 2 N–H and O–H groups in total. The second-order valence-corrected chi connectivity index (χ2v) is 9.35. The number of pyridine rings is 3. The Morgan fingerprint density at radius 3 is 2.67 bits per heavy atom. The highest BCUT2D eigenvalue weighted by atomic mass is 15.1. The summed E-state index contributed by atoms with van der Waals surface area (Å²) in [4.78, 5) is 14.3. The van der Waals surface area contributed by atoms with Crippen molar-refractivity contribution in [1.29, 1.82) is 0 Å². The number of allylic oxidation sites excluding steroid dienone is 1. The van der Waals surface area contributed by atoms with Gasteiger partial charge in [0.2, 0.25) is 0 Å². The van der Waals surface area contributed by atoms with E-state index in [0.29, 0.717) is 6.04 Å². The minimum absolute atomic E-state index is 0.502. The van der Waals surface area contributed by atoms with E-state index in [1.165, 1.54) is 11.1 Å². The number of hydrogen-bond donors (Lipinski definition) is 2. The summed E-state index contributed by atoms with van der Waals surface area (Å²) in [5.74, 6) is 0. The van der Waals surface area contributed by atoms with Crippen LogP contribution in [0.25, 0.3) is 39.3 Å². The topological polar surface area (TPSA) is 79.4 Å². The summed E-state index contributed by atoms with van der Waals surface area (Å²) in [6.45, 7) is 2.90. The van der Waals surface area contributed by atoms with Crippen LogP contribution < -0.4 is 5.32 Å². The summed E-state index contributed by atoms with van der Waals surface area (Å²) < 4.78 is 0. The van der Waals surface area contributed by atoms with Gasteiger partial charge in [0, 0.05) is 30.0 Å². The Labute approximate surface area is 210 Å². The Balaban J connectivity index is 1.22. The standard InChI is InChI=1S/C30H28N6/c1-20-6-5-9-28(34-20)30-25(19-33-36-30)26-14-15-27-29(35-26)16-23(18-32-27)22-10-12-24(13-11-22)31-17-21-7-3-2-4-8-21/h2-10,14-16,18-19,24,31H,11-13,17H2,1H3,(H,33,36). The lowest BCUT2D eigenvalue weighted by Gasteiger charge is -2.23. The van der Waals surface area contributed by atoms with Crippen molar-refractivity contribution < 1.29 is 0 Å². The van der Waals surface area contributed by atoms with Crippen LogP contribution in [0.4, 0.5) is 0 Å². The van der Waals surface area contributed by atoms with Crippen LogP contribution in [0.3, 0.4) is 0 Å². The molecule has 0 saturated carbocycles. The lowest BCUT2D eigenvalue weighted by molar-refractivity contribution is 0.478. The van der Waals surface area contributed by atoms with Crippen LogP contribution in [-0.4, -0.2) is 31.2 Å². The summed E-state index contributed by atoms with van der Waals surface area (Å²) >= 11 is 0. The lowest BCUT2D eigenvalue weighted by atomic mass is 9.91. The molecule has 6 rings (SSSR count). The van der Waals surface area contributed by atoms with Crippen LogP contribution >= 0.6 is 0 Å². The molecule has 4 aromatic heterocycles. The second kappa shape index (κ2) is 9.84. The number of benzene rings is 1. The Bertz CT molecular complexity index is 1540. The van der Waals surface area contributed by atoms with Gasteiger partial charge in [-0.05, 0) is 73.2 Å². The van der Waals surface area contributed by atoms with Crippen molar-refractivity contribution in [3.8, 4) is 22.6 Å². The number of aryl methyl sites for hydroxylation is 1. The zero-order valence-corrected chi connectivity index (χ0v) is 20.3. The van der Waals surface area contributed by atoms with Gasteiger partial charge >= 0.3 is 0 Å². The molecule has 6 heteroatoms. The van der Waals surface area contributed by atoms with Crippen molar-refractivity contribution in [2.24, 2.45) is 0 Å². The third kappa shape index (κ3) is 4.68. The van der Waals surface area contributed by atoms with Crippen LogP contribution in [0.1, 0.15) is 36.1 Å². The molecule has 0 spiro atoms. The summed E-state index contributed by atoms with van der Waals surface area (Å²) in [5, 5.41) is 11.1. The van der Waals surface area contributed by atoms with Crippen molar-refractivity contribution in [2.45, 2.75) is 38.8 Å². The quantitative estimate of drug-likeness (QED) is 0.311. The van der Waals surface area contributed by atoms with Gasteiger partial charge in [-0.2, -0.15) is 5.10 Å². The summed E-state index contributed by atoms with van der Waals surface area (Å²) in [7, 11) is 0. The first-order valence-corrected chi connectivity index (χ1v) is 12.4. The molecule has 178 valence electrons. The van der Waals surface area contributed by atoms with E-state index >= 15 is 0 Å². The van der Waals surface area contributed by atoms with Gasteiger partial charge in [-0.3, -0.25) is 15.1 Å². The number of aromatic amines is 1. The fraction of sp³-hybridized carbons (Fsp3) is 0.200. The zero-order valence-electron chi connectivity index (χ0n) is 20.3. The molecule has 0 amide bonds. The number of hydrogen-bond acceptors (Lipinski definition) is 5. The Morgan fingerprint density at radius 2 is 1.83 bits per heavy atom. The largest absolute Gasteiger partial charge is 0.310 e. The van der Waals surface area contributed by atoms with Crippen LogP contribution in [0.5, 0.6) is 0 Å². The van der Waals surface area contributed by atoms with Crippen LogP contribution in [0.15, 0.2) is 85.2 Å². The van der Waals surface area contributed by atoms with E-state index in [9.17, 15) is 0 Å². The average molecular weight is 473 g/mol. The number of nitrogens with zero attached hydrogens (tertiary/aromatic N) is 4. The van der Waals surface area contributed by atoms with Gasteiger partial charge in [0.1, 0.15) is 0 Å². The maximum Gasteiger partial charge on any atom is 0.0928 e. The number of nitrogens with one attached hydrogen (secondary N) is 2. The van der Waals surface area contributed by atoms with Gasteiger partial charge in [-0.15, -0.1) is 0 Å². The van der Waals surface area contributed by atoms with E-state index in [1.807, 2.05) is 49.6 Å². The predicted molar refractivity (Wildman–Crippen MR) is 144 cm³/mol. The van der Waals surface area contributed by atoms with E-state index in [-0.39, 0.29) is 0 Å². The number of rotatable bonds is 6. The molecule has 1 unspecified atom stereocenters. The highest BCUT2D eigenvalue weighted by molar-refractivity contribution is 5.84. The Kier molecular flexibility index (Phi) is 6.10. The third-order valence-electron chi connectivity index (χ3n) is 6.82. The van der Waals surface area contributed by atoms with Crippen molar-refractivity contribution in [3.63, 3.8) is 0 Å². The van der Waals surface area contributed by atoms with Gasteiger partial charge in [0.25, 0.3) is 0 Å². The Morgan fingerprint density at radius 1 is 0.917 bits per heavy atom. The first kappa shape index (κ1) is 22.3. The summed E-state index contributed by atoms with van der Waals surface area (Å²) in [6.07, 6.45) is 9.33. The second-order valence-electron chi connectivity index (χ2n) is 9.35. The molecule has 0 saturated heterocycles. The van der Waals surface area contributed by atoms with E-state index in [1.54, 1.807) is 0 Å². The Hall–Kier alpha value is -4.16. The maximum absolute atomic E-state index is 4.97. The van der Waals surface area contributed by atoms with Crippen molar-refractivity contribution >= 4 is 16.6 Å². The molecule has 6 nitrogen and oxygen atoms in total. The highest BCUT2D eigenvalue weighted by Crippen LogP contribution is 2.31. The lowest BCUT2D eigenvalue weighted by Crippen LogP contribution is -2.29. The minimum Gasteiger partial charge on any atom is -0.310 e. The van der Waals surface area contributed by atoms with Crippen LogP contribution in [0.2, 0.25) is 0 Å². The molecule has 5 aromatic rings. The molecular formula is C30H28N6. The molecular weight excluding hydrogens is 444 g/mol. The fourth-order valence-corrected chi connectivity index (χ4v) is 4.83. The fourth-order valence-electron chi connectivity index (χ4n) is 4.83. The molecule has 1 aliphatic carbocycles. The van der Waals surface area contributed by atoms with Gasteiger partial charge < -0.3 is 5.32 Å². The monoisotopic (exact) mass is 472 g/mol. The van der Waals surface area contributed by atoms with Gasteiger partial charge in [-0.1, -0.05) is 42.5 Å². The minimum atomic E-state index is 0.502. The van der Waals surface area contributed by atoms with Gasteiger partial charge in [0.05, 0.1) is 34.3 Å². The number of H-pyrrole nitrogens is 1. The highest BCUT2D eigenvalue weighted by Gasteiger charge is 2.17. The molecule has 36 heavy (non-hydrogen) atoms. The van der Waals surface area contributed by atoms with E-state index in [2.05, 4.69) is 63.0 Å². The molecule has 1 atom stereocenters. The zero-order chi connectivity index (χ0) is 24.3. The predicted octanol–water partition coefficient (Wildman–Crippen LogP) is 6.12. The van der Waals surface area contributed by atoms with E-state index < -0.39 is 0 Å². The molecule has 0 fully saturated rings. The SMILES string of the molecule is Cc1cccc(-c2[nH]ncc2-c2ccc3ncc(C4=CCC(NCc5ccccc5)CC4)cc3n2)n1. The molecule has 1 aliphatic rings. The van der Waals surface area contributed by atoms with Gasteiger partial charge in [0.15, 0.2) is 0 Å².